The van der Waals surface area contributed by atoms with Gasteiger partial charge in [0.05, 0.1) is 6.26 Å². The monoisotopic (exact) mass is 127 g/mol. The van der Waals surface area contributed by atoms with Gasteiger partial charge in [-0.3, -0.25) is 0 Å². The normalized spacial score (nSPS) is 28.1. The quantitative estimate of drug-likeness (QED) is 0.537. The summed E-state index contributed by atoms with van der Waals surface area (Å²) in [6.07, 6.45) is 4.10. The fourth-order valence-corrected chi connectivity index (χ4v) is 1.20. The molecule has 0 amide bonds. The number of hydrogen-bond donors (Lipinski definition) is 1. The summed E-state index contributed by atoms with van der Waals surface area (Å²) in [7, 11) is 0. The largest absolute Gasteiger partial charge is 0.514 e. The molecule has 2 nitrogen and oxygen atoms in total. The maximum atomic E-state index is 8.39. The maximum absolute atomic E-state index is 8.39. The molecule has 1 rings (SSSR count). The van der Waals surface area contributed by atoms with E-state index in [9.17, 15) is 0 Å². The van der Waals surface area contributed by atoms with E-state index in [2.05, 4.69) is 11.8 Å². The Balaban J connectivity index is 2.30. The van der Waals surface area contributed by atoms with Crippen LogP contribution in [0.25, 0.3) is 0 Å². The highest BCUT2D eigenvalue weighted by molar-refractivity contribution is 4.81. The Morgan fingerprint density at radius 2 is 2.44 bits per heavy atom. The number of aliphatic hydroxyl groups excluding tert-OH is 1. The van der Waals surface area contributed by atoms with E-state index in [4.69, 9.17) is 5.11 Å². The van der Waals surface area contributed by atoms with Crippen LogP contribution in [0.4, 0.5) is 0 Å². The minimum atomic E-state index is 0.793. The standard InChI is InChI=1S/C7H13NO/c1-7-2-3-8(6-7)4-5-9/h4-5,7,9H,2-3,6H2,1H3/b5-4-. The fraction of sp³-hybridized carbons (Fsp3) is 0.714. The molecule has 0 radical (unpaired) electrons. The van der Waals surface area contributed by atoms with Crippen molar-refractivity contribution < 1.29 is 5.11 Å². The zero-order valence-electron chi connectivity index (χ0n) is 5.75. The Bertz CT molecular complexity index is 111. The Morgan fingerprint density at radius 1 is 1.67 bits per heavy atom. The lowest BCUT2D eigenvalue weighted by Crippen LogP contribution is -2.11. The highest BCUT2D eigenvalue weighted by Gasteiger charge is 2.14. The summed E-state index contributed by atoms with van der Waals surface area (Å²) in [4.78, 5) is 2.13. The molecule has 9 heavy (non-hydrogen) atoms. The lowest BCUT2D eigenvalue weighted by atomic mass is 10.2. The zero-order chi connectivity index (χ0) is 6.69. The van der Waals surface area contributed by atoms with Crippen LogP contribution in [0.1, 0.15) is 13.3 Å². The van der Waals surface area contributed by atoms with Crippen molar-refractivity contribution in [3.63, 3.8) is 0 Å². The first-order valence-corrected chi connectivity index (χ1v) is 3.38. The number of nitrogens with zero attached hydrogens (tertiary/aromatic N) is 1. The molecule has 1 unspecified atom stereocenters. The van der Waals surface area contributed by atoms with Crippen LogP contribution in [0.2, 0.25) is 0 Å². The molecule has 1 saturated heterocycles. The van der Waals surface area contributed by atoms with E-state index in [-0.39, 0.29) is 0 Å². The second-order valence-corrected chi connectivity index (χ2v) is 2.69. The summed E-state index contributed by atoms with van der Waals surface area (Å²) in [6.45, 7) is 4.42. The first-order chi connectivity index (χ1) is 4.33. The minimum absolute atomic E-state index is 0.793. The molecular formula is C7H13NO. The second-order valence-electron chi connectivity index (χ2n) is 2.69. The summed E-state index contributed by atoms with van der Waals surface area (Å²) in [5, 5.41) is 8.39. The highest BCUT2D eigenvalue weighted by atomic mass is 16.2. The lowest BCUT2D eigenvalue weighted by Gasteiger charge is -2.09. The van der Waals surface area contributed by atoms with Crippen molar-refractivity contribution in [1.29, 1.82) is 0 Å². The van der Waals surface area contributed by atoms with E-state index >= 15 is 0 Å². The molecule has 0 spiro atoms. The van der Waals surface area contributed by atoms with Crippen LogP contribution in [-0.4, -0.2) is 23.1 Å². The summed E-state index contributed by atoms with van der Waals surface area (Å²) < 4.78 is 0. The van der Waals surface area contributed by atoms with Crippen molar-refractivity contribution in [2.75, 3.05) is 13.1 Å². The summed E-state index contributed by atoms with van der Waals surface area (Å²) >= 11 is 0. The van der Waals surface area contributed by atoms with E-state index in [1.54, 1.807) is 6.20 Å². The average Bonchev–Trinajstić information content (AvgIpc) is 2.17. The van der Waals surface area contributed by atoms with Crippen molar-refractivity contribution in [3.8, 4) is 0 Å². The molecule has 2 heteroatoms. The van der Waals surface area contributed by atoms with Gasteiger partial charge in [0.1, 0.15) is 0 Å². The minimum Gasteiger partial charge on any atom is -0.514 e. The second kappa shape index (κ2) is 2.76. The smallest absolute Gasteiger partial charge is 0.0950 e. The molecule has 0 bridgehead atoms. The Hall–Kier alpha value is -0.660. The molecule has 1 fully saturated rings. The van der Waals surface area contributed by atoms with Gasteiger partial charge in [0.2, 0.25) is 0 Å². The fourth-order valence-electron chi connectivity index (χ4n) is 1.20. The van der Waals surface area contributed by atoms with Gasteiger partial charge in [-0.1, -0.05) is 6.92 Å². The number of rotatable bonds is 1. The average molecular weight is 127 g/mol. The van der Waals surface area contributed by atoms with Gasteiger partial charge in [-0.25, -0.2) is 0 Å². The number of likely N-dealkylation sites (tertiary alicyclic amines) is 1. The molecule has 0 aliphatic carbocycles. The number of hydrogen-bond acceptors (Lipinski definition) is 2. The molecule has 1 aliphatic heterocycles. The van der Waals surface area contributed by atoms with Gasteiger partial charge in [0.15, 0.2) is 0 Å². The third kappa shape index (κ3) is 1.63. The van der Waals surface area contributed by atoms with Crippen LogP contribution in [0, 0.1) is 5.92 Å². The summed E-state index contributed by atoms with van der Waals surface area (Å²) in [5.74, 6) is 0.793. The van der Waals surface area contributed by atoms with E-state index in [1.165, 1.54) is 6.42 Å². The van der Waals surface area contributed by atoms with Gasteiger partial charge in [-0.2, -0.15) is 0 Å². The Labute approximate surface area is 55.8 Å². The van der Waals surface area contributed by atoms with Crippen molar-refractivity contribution in [2.24, 2.45) is 5.92 Å². The van der Waals surface area contributed by atoms with Gasteiger partial charge in [-0.05, 0) is 12.3 Å². The Kier molecular flexibility index (Phi) is 1.98. The van der Waals surface area contributed by atoms with Crippen molar-refractivity contribution in [1.82, 2.24) is 4.90 Å². The van der Waals surface area contributed by atoms with E-state index in [0.717, 1.165) is 25.3 Å². The molecule has 1 atom stereocenters. The molecule has 52 valence electrons. The molecule has 1 N–H and O–H groups in total. The molecule has 0 aromatic rings. The molecule has 0 aromatic carbocycles. The molecule has 1 heterocycles. The third-order valence-electron chi connectivity index (χ3n) is 1.73. The summed E-state index contributed by atoms with van der Waals surface area (Å²) in [5.41, 5.74) is 0. The van der Waals surface area contributed by atoms with Gasteiger partial charge in [0.25, 0.3) is 0 Å². The van der Waals surface area contributed by atoms with Crippen LogP contribution in [0.15, 0.2) is 12.5 Å². The van der Waals surface area contributed by atoms with Crippen molar-refractivity contribution >= 4 is 0 Å². The van der Waals surface area contributed by atoms with Gasteiger partial charge >= 0.3 is 0 Å². The first kappa shape index (κ1) is 6.46. The van der Waals surface area contributed by atoms with Crippen LogP contribution < -0.4 is 0 Å². The molecule has 0 aromatic heterocycles. The van der Waals surface area contributed by atoms with Gasteiger partial charge < -0.3 is 10.0 Å². The third-order valence-corrected chi connectivity index (χ3v) is 1.73. The molecule has 1 aliphatic rings. The van der Waals surface area contributed by atoms with Crippen LogP contribution in [-0.2, 0) is 0 Å². The van der Waals surface area contributed by atoms with Crippen LogP contribution >= 0.6 is 0 Å². The van der Waals surface area contributed by atoms with E-state index in [1.807, 2.05) is 0 Å². The predicted molar refractivity (Wildman–Crippen MR) is 37.1 cm³/mol. The van der Waals surface area contributed by atoms with Crippen molar-refractivity contribution in [3.05, 3.63) is 12.5 Å². The molecule has 0 saturated carbocycles. The Morgan fingerprint density at radius 3 is 2.89 bits per heavy atom. The van der Waals surface area contributed by atoms with E-state index < -0.39 is 0 Å². The van der Waals surface area contributed by atoms with Crippen molar-refractivity contribution in [2.45, 2.75) is 13.3 Å². The highest BCUT2D eigenvalue weighted by Crippen LogP contribution is 2.14. The van der Waals surface area contributed by atoms with Gasteiger partial charge in [0, 0.05) is 19.3 Å². The maximum Gasteiger partial charge on any atom is 0.0950 e. The predicted octanol–water partition coefficient (Wildman–Crippen LogP) is 1.36. The SMILES string of the molecule is CC1CCN(/C=C\O)C1. The topological polar surface area (TPSA) is 23.5 Å². The van der Waals surface area contributed by atoms with Crippen LogP contribution in [0.5, 0.6) is 0 Å². The number of aliphatic hydroxyl groups is 1. The van der Waals surface area contributed by atoms with Gasteiger partial charge in [-0.15, -0.1) is 0 Å². The first-order valence-electron chi connectivity index (χ1n) is 3.38. The molecular weight excluding hydrogens is 114 g/mol. The summed E-state index contributed by atoms with van der Waals surface area (Å²) in [6, 6.07) is 0. The lowest BCUT2D eigenvalue weighted by molar-refractivity contribution is 0.407. The van der Waals surface area contributed by atoms with E-state index in [0.29, 0.717) is 0 Å². The van der Waals surface area contributed by atoms with Crippen LogP contribution in [0.3, 0.4) is 0 Å². The zero-order valence-corrected chi connectivity index (χ0v) is 5.75.